The second-order valence-electron chi connectivity index (χ2n) is 6.74. The maximum Gasteiger partial charge on any atom is 0.335 e. The van der Waals surface area contributed by atoms with E-state index in [0.29, 0.717) is 24.5 Å². The van der Waals surface area contributed by atoms with E-state index in [-0.39, 0.29) is 17.5 Å². The van der Waals surface area contributed by atoms with Crippen LogP contribution in [-0.2, 0) is 6.42 Å². The Kier molecular flexibility index (Phi) is 4.40. The van der Waals surface area contributed by atoms with Crippen LogP contribution in [0.25, 0.3) is 0 Å². The number of fused-ring (bicyclic) bond motifs is 1. The van der Waals surface area contributed by atoms with Crippen LogP contribution in [-0.4, -0.2) is 40.0 Å². The molecule has 26 heavy (non-hydrogen) atoms. The first-order valence-electron chi connectivity index (χ1n) is 8.80. The van der Waals surface area contributed by atoms with Crippen LogP contribution < -0.4 is 4.74 Å². The van der Waals surface area contributed by atoms with Gasteiger partial charge in [-0.15, -0.1) is 11.3 Å². The van der Waals surface area contributed by atoms with E-state index >= 15 is 0 Å². The van der Waals surface area contributed by atoms with Crippen LogP contribution in [0, 0.1) is 6.92 Å². The summed E-state index contributed by atoms with van der Waals surface area (Å²) in [4.78, 5) is 31.2. The Labute approximate surface area is 155 Å². The molecule has 6 nitrogen and oxygen atoms in total. The molecule has 1 atom stereocenters. The van der Waals surface area contributed by atoms with Crippen LogP contribution in [0.3, 0.4) is 0 Å². The number of likely N-dealkylation sites (tertiary alicyclic amines) is 1. The summed E-state index contributed by atoms with van der Waals surface area (Å²) in [5.74, 6) is -0.643. The average Bonchev–Trinajstić information content (AvgIpc) is 3.28. The van der Waals surface area contributed by atoms with Gasteiger partial charge in [0.1, 0.15) is 10.8 Å². The molecule has 7 heteroatoms. The normalized spacial score (nSPS) is 19.1. The summed E-state index contributed by atoms with van der Waals surface area (Å²) in [5, 5.41) is 12.4. The second-order valence-corrected chi connectivity index (χ2v) is 7.63. The van der Waals surface area contributed by atoms with E-state index in [0.717, 1.165) is 41.9 Å². The third-order valence-corrected chi connectivity index (χ3v) is 6.01. The third kappa shape index (κ3) is 2.96. The minimum atomic E-state index is -1.05. The number of benzene rings is 1. The smallest absolute Gasteiger partial charge is 0.335 e. The molecule has 1 fully saturated rings. The molecular weight excluding hydrogens is 352 g/mol. The Morgan fingerprint density at radius 1 is 1.35 bits per heavy atom. The highest BCUT2D eigenvalue weighted by Crippen LogP contribution is 2.37. The Morgan fingerprint density at radius 3 is 2.92 bits per heavy atom. The number of amides is 1. The topological polar surface area (TPSA) is 79.7 Å². The van der Waals surface area contributed by atoms with Gasteiger partial charge in [-0.05, 0) is 44.7 Å². The average molecular weight is 372 g/mol. The number of hydrogen-bond acceptors (Lipinski definition) is 5. The quantitative estimate of drug-likeness (QED) is 0.893. The summed E-state index contributed by atoms with van der Waals surface area (Å²) >= 11 is 1.58. The zero-order valence-electron chi connectivity index (χ0n) is 14.5. The van der Waals surface area contributed by atoms with Gasteiger partial charge in [-0.25, -0.2) is 9.78 Å². The second kappa shape index (κ2) is 6.72. The van der Waals surface area contributed by atoms with Gasteiger partial charge in [-0.3, -0.25) is 4.79 Å². The van der Waals surface area contributed by atoms with Crippen molar-refractivity contribution in [1.82, 2.24) is 9.88 Å². The van der Waals surface area contributed by atoms with Crippen molar-refractivity contribution in [2.24, 2.45) is 0 Å². The molecule has 1 unspecified atom stereocenters. The molecule has 2 aromatic rings. The van der Waals surface area contributed by atoms with E-state index in [1.54, 1.807) is 11.3 Å². The maximum absolute atomic E-state index is 13.3. The summed E-state index contributed by atoms with van der Waals surface area (Å²) in [6.45, 7) is 3.16. The fourth-order valence-corrected chi connectivity index (χ4v) is 4.67. The third-order valence-electron chi connectivity index (χ3n) is 4.95. The number of aromatic carboxylic acids is 1. The zero-order valence-corrected chi connectivity index (χ0v) is 15.3. The first-order valence-corrected chi connectivity index (χ1v) is 9.68. The number of carbonyl (C=O) groups is 2. The highest BCUT2D eigenvalue weighted by atomic mass is 32.1. The summed E-state index contributed by atoms with van der Waals surface area (Å²) in [7, 11) is 0. The van der Waals surface area contributed by atoms with E-state index < -0.39 is 5.97 Å². The monoisotopic (exact) mass is 372 g/mol. The van der Waals surface area contributed by atoms with Crippen molar-refractivity contribution in [3.63, 3.8) is 0 Å². The molecular formula is C19H20N2O4S. The molecule has 3 heterocycles. The lowest BCUT2D eigenvalue weighted by atomic mass is 9.96. The number of aryl methyl sites for hydroxylation is 1. The molecule has 2 aliphatic rings. The molecule has 1 N–H and O–H groups in total. The molecule has 2 aliphatic heterocycles. The van der Waals surface area contributed by atoms with Crippen LogP contribution >= 0.6 is 11.3 Å². The van der Waals surface area contributed by atoms with Crippen molar-refractivity contribution in [1.29, 1.82) is 0 Å². The molecule has 1 amide bonds. The lowest BCUT2D eigenvalue weighted by molar-refractivity contribution is 0.0696. The van der Waals surface area contributed by atoms with Crippen molar-refractivity contribution >= 4 is 23.2 Å². The number of rotatable bonds is 3. The van der Waals surface area contributed by atoms with Crippen molar-refractivity contribution in [2.45, 2.75) is 38.6 Å². The van der Waals surface area contributed by atoms with Crippen LogP contribution in [0.15, 0.2) is 17.5 Å². The highest BCUT2D eigenvalue weighted by Gasteiger charge is 2.34. The Balaban J connectivity index is 1.73. The molecule has 0 radical (unpaired) electrons. The lowest BCUT2D eigenvalue weighted by Crippen LogP contribution is -2.32. The number of carboxylic acids is 1. The van der Waals surface area contributed by atoms with Gasteiger partial charge in [0.05, 0.1) is 18.2 Å². The molecule has 0 spiro atoms. The zero-order chi connectivity index (χ0) is 18.3. The Bertz CT molecular complexity index is 876. The molecule has 0 bridgehead atoms. The number of nitrogens with zero attached hydrogens (tertiary/aromatic N) is 2. The minimum absolute atomic E-state index is 0.0326. The summed E-state index contributed by atoms with van der Waals surface area (Å²) in [6, 6.07) is 3.00. The number of aromatic nitrogens is 1. The van der Waals surface area contributed by atoms with Crippen LogP contribution in [0.1, 0.15) is 62.3 Å². The van der Waals surface area contributed by atoms with Crippen molar-refractivity contribution < 1.29 is 19.4 Å². The number of hydrogen-bond donors (Lipinski definition) is 1. The van der Waals surface area contributed by atoms with E-state index in [1.807, 2.05) is 17.2 Å². The largest absolute Gasteiger partial charge is 0.493 e. The van der Waals surface area contributed by atoms with Gasteiger partial charge in [0.2, 0.25) is 0 Å². The molecule has 0 aliphatic carbocycles. The predicted molar refractivity (Wildman–Crippen MR) is 97.1 cm³/mol. The molecule has 1 aromatic carbocycles. The van der Waals surface area contributed by atoms with Crippen molar-refractivity contribution in [2.75, 3.05) is 13.2 Å². The Hall–Kier alpha value is -2.41. The Morgan fingerprint density at radius 2 is 2.19 bits per heavy atom. The summed E-state index contributed by atoms with van der Waals surface area (Å²) in [5.41, 5.74) is 2.34. The number of ether oxygens (including phenoxy) is 1. The minimum Gasteiger partial charge on any atom is -0.493 e. The highest BCUT2D eigenvalue weighted by molar-refractivity contribution is 7.09. The van der Waals surface area contributed by atoms with Gasteiger partial charge in [-0.1, -0.05) is 0 Å². The van der Waals surface area contributed by atoms with Gasteiger partial charge < -0.3 is 14.7 Å². The maximum atomic E-state index is 13.3. The van der Waals surface area contributed by atoms with Gasteiger partial charge in [0.15, 0.2) is 0 Å². The van der Waals surface area contributed by atoms with Crippen LogP contribution in [0.4, 0.5) is 0 Å². The summed E-state index contributed by atoms with van der Waals surface area (Å²) < 4.78 is 5.64. The molecule has 136 valence electrons. The van der Waals surface area contributed by atoms with E-state index in [1.165, 1.54) is 12.1 Å². The van der Waals surface area contributed by atoms with Gasteiger partial charge in [0, 0.05) is 28.7 Å². The fraction of sp³-hybridized carbons (Fsp3) is 0.421. The van der Waals surface area contributed by atoms with Crippen molar-refractivity contribution in [3.8, 4) is 5.75 Å². The van der Waals surface area contributed by atoms with E-state index in [4.69, 9.17) is 4.74 Å². The van der Waals surface area contributed by atoms with Gasteiger partial charge in [-0.2, -0.15) is 0 Å². The lowest BCUT2D eigenvalue weighted by Gasteiger charge is -2.26. The molecule has 0 saturated carbocycles. The molecule has 1 aromatic heterocycles. The van der Waals surface area contributed by atoms with E-state index in [9.17, 15) is 14.7 Å². The first-order chi connectivity index (χ1) is 12.5. The first kappa shape index (κ1) is 17.0. The predicted octanol–water partition coefficient (Wildman–Crippen LogP) is 3.45. The SMILES string of the molecule is Cc1csc(C2CCCN2C(=O)c2cc(C(=O)O)cc3c2CCCO3)n1. The van der Waals surface area contributed by atoms with E-state index in [2.05, 4.69) is 4.98 Å². The van der Waals surface area contributed by atoms with Gasteiger partial charge in [0.25, 0.3) is 5.91 Å². The molecule has 4 rings (SSSR count). The van der Waals surface area contributed by atoms with Crippen LogP contribution in [0.2, 0.25) is 0 Å². The number of carbonyl (C=O) groups excluding carboxylic acids is 1. The summed E-state index contributed by atoms with van der Waals surface area (Å²) in [6.07, 6.45) is 3.36. The van der Waals surface area contributed by atoms with Crippen molar-refractivity contribution in [3.05, 3.63) is 44.9 Å². The fourth-order valence-electron chi connectivity index (χ4n) is 3.72. The van der Waals surface area contributed by atoms with Gasteiger partial charge >= 0.3 is 5.97 Å². The standard InChI is InChI=1S/C19H20N2O4S/c1-11-10-26-17(20-11)15-5-2-6-21(15)18(22)14-8-12(19(23)24)9-16-13(14)4-3-7-25-16/h8-10,15H,2-7H2,1H3,(H,23,24). The molecule has 1 saturated heterocycles. The number of carboxylic acid groups (broad SMARTS) is 1. The van der Waals surface area contributed by atoms with Crippen LogP contribution in [0.5, 0.6) is 5.75 Å². The number of thiazole rings is 1.